The Morgan fingerprint density at radius 3 is 2.86 bits per heavy atom. The van der Waals surface area contributed by atoms with Crippen LogP contribution >= 0.6 is 11.6 Å². The standard InChI is InChI=1S/C16H14ClFN2O/c1-20-15-5-3-2-4-11(15)13(9-16(20)21)19-14-8-10(17)6-7-12(14)18/h2-8,13,19H,9H2,1H3. The van der Waals surface area contributed by atoms with Gasteiger partial charge in [0.05, 0.1) is 18.2 Å². The minimum atomic E-state index is -0.386. The monoisotopic (exact) mass is 304 g/mol. The van der Waals surface area contributed by atoms with Gasteiger partial charge in [-0.3, -0.25) is 4.79 Å². The van der Waals surface area contributed by atoms with E-state index in [0.717, 1.165) is 11.3 Å². The van der Waals surface area contributed by atoms with Gasteiger partial charge in [0.25, 0.3) is 0 Å². The summed E-state index contributed by atoms with van der Waals surface area (Å²) in [6, 6.07) is 11.7. The van der Waals surface area contributed by atoms with Gasteiger partial charge >= 0.3 is 0 Å². The van der Waals surface area contributed by atoms with E-state index >= 15 is 0 Å². The number of nitrogens with zero attached hydrogens (tertiary/aromatic N) is 1. The Labute approximate surface area is 127 Å². The fourth-order valence-electron chi connectivity index (χ4n) is 2.57. The zero-order chi connectivity index (χ0) is 15.0. The van der Waals surface area contributed by atoms with Crippen molar-refractivity contribution in [1.82, 2.24) is 0 Å². The lowest BCUT2D eigenvalue weighted by molar-refractivity contribution is -0.118. The first-order valence-electron chi connectivity index (χ1n) is 6.63. The minimum Gasteiger partial charge on any atom is -0.375 e. The average molecular weight is 305 g/mol. The Morgan fingerprint density at radius 1 is 1.29 bits per heavy atom. The summed E-state index contributed by atoms with van der Waals surface area (Å²) in [6.45, 7) is 0. The Hall–Kier alpha value is -2.07. The maximum absolute atomic E-state index is 13.9. The van der Waals surface area contributed by atoms with Crippen LogP contribution in [-0.2, 0) is 4.79 Å². The molecule has 2 aromatic carbocycles. The van der Waals surface area contributed by atoms with Gasteiger partial charge in [-0.25, -0.2) is 4.39 Å². The first kappa shape index (κ1) is 13.9. The zero-order valence-electron chi connectivity index (χ0n) is 11.4. The van der Waals surface area contributed by atoms with Crippen molar-refractivity contribution in [1.29, 1.82) is 0 Å². The van der Waals surface area contributed by atoms with E-state index in [4.69, 9.17) is 11.6 Å². The molecule has 5 heteroatoms. The van der Waals surface area contributed by atoms with Crippen LogP contribution in [0.5, 0.6) is 0 Å². The number of carbonyl (C=O) groups excluding carboxylic acids is 1. The topological polar surface area (TPSA) is 32.3 Å². The third-order valence-corrected chi connectivity index (χ3v) is 3.92. The minimum absolute atomic E-state index is 0.00589. The Balaban J connectivity index is 1.98. The molecule has 1 aliphatic rings. The van der Waals surface area contributed by atoms with Gasteiger partial charge < -0.3 is 10.2 Å². The predicted molar refractivity (Wildman–Crippen MR) is 82.2 cm³/mol. The van der Waals surface area contributed by atoms with Crippen molar-refractivity contribution < 1.29 is 9.18 Å². The van der Waals surface area contributed by atoms with Gasteiger partial charge in [-0.05, 0) is 29.8 Å². The second-order valence-corrected chi connectivity index (χ2v) is 5.47. The SMILES string of the molecule is CN1C(=O)CC(Nc2cc(Cl)ccc2F)c2ccccc21. The summed E-state index contributed by atoms with van der Waals surface area (Å²) < 4.78 is 13.9. The molecule has 3 nitrogen and oxygen atoms in total. The number of nitrogens with one attached hydrogen (secondary N) is 1. The number of fused-ring (bicyclic) bond motifs is 1. The Bertz CT molecular complexity index is 704. The molecule has 2 aromatic rings. The Kier molecular flexibility index (Phi) is 3.55. The molecule has 0 saturated carbocycles. The number of hydrogen-bond donors (Lipinski definition) is 1. The van der Waals surface area contributed by atoms with E-state index in [1.165, 1.54) is 18.2 Å². The third kappa shape index (κ3) is 2.59. The van der Waals surface area contributed by atoms with Crippen molar-refractivity contribution in [2.45, 2.75) is 12.5 Å². The molecule has 3 rings (SSSR count). The molecular weight excluding hydrogens is 291 g/mol. The second kappa shape index (κ2) is 5.37. The normalized spacial score (nSPS) is 17.6. The van der Waals surface area contributed by atoms with Crippen LogP contribution in [0.3, 0.4) is 0 Å². The van der Waals surface area contributed by atoms with E-state index in [1.54, 1.807) is 11.9 Å². The largest absolute Gasteiger partial charge is 0.375 e. The first-order valence-corrected chi connectivity index (χ1v) is 7.01. The van der Waals surface area contributed by atoms with Crippen molar-refractivity contribution in [3.05, 3.63) is 58.9 Å². The summed E-state index contributed by atoms with van der Waals surface area (Å²) in [5, 5.41) is 3.54. The highest BCUT2D eigenvalue weighted by atomic mass is 35.5. The fraction of sp³-hybridized carbons (Fsp3) is 0.188. The van der Waals surface area contributed by atoms with Gasteiger partial charge in [-0.2, -0.15) is 0 Å². The van der Waals surface area contributed by atoms with Crippen LogP contribution in [-0.4, -0.2) is 13.0 Å². The van der Waals surface area contributed by atoms with Gasteiger partial charge in [0.2, 0.25) is 5.91 Å². The molecule has 1 N–H and O–H groups in total. The van der Waals surface area contributed by atoms with Crippen molar-refractivity contribution in [3.8, 4) is 0 Å². The van der Waals surface area contributed by atoms with Crippen LogP contribution < -0.4 is 10.2 Å². The van der Waals surface area contributed by atoms with Crippen LogP contribution in [0.4, 0.5) is 15.8 Å². The average Bonchev–Trinajstić information content (AvgIpc) is 2.48. The van der Waals surface area contributed by atoms with Crippen LogP contribution in [0.25, 0.3) is 0 Å². The van der Waals surface area contributed by atoms with E-state index in [9.17, 15) is 9.18 Å². The van der Waals surface area contributed by atoms with E-state index in [0.29, 0.717) is 10.7 Å². The summed E-state index contributed by atoms with van der Waals surface area (Å²) in [6.07, 6.45) is 0.277. The molecule has 1 unspecified atom stereocenters. The van der Waals surface area contributed by atoms with Crippen molar-refractivity contribution in [2.24, 2.45) is 0 Å². The molecule has 21 heavy (non-hydrogen) atoms. The van der Waals surface area contributed by atoms with Crippen molar-refractivity contribution in [3.63, 3.8) is 0 Å². The smallest absolute Gasteiger partial charge is 0.229 e. The number of carbonyl (C=O) groups is 1. The van der Waals surface area contributed by atoms with Gasteiger partial charge in [-0.1, -0.05) is 29.8 Å². The van der Waals surface area contributed by atoms with E-state index < -0.39 is 0 Å². The summed E-state index contributed by atoms with van der Waals surface area (Å²) in [5.74, 6) is -0.392. The molecule has 0 saturated heterocycles. The molecular formula is C16H14ClFN2O. The highest BCUT2D eigenvalue weighted by molar-refractivity contribution is 6.30. The molecule has 1 aliphatic heterocycles. The fourth-order valence-corrected chi connectivity index (χ4v) is 2.74. The first-order chi connectivity index (χ1) is 10.1. The van der Waals surface area contributed by atoms with Gasteiger partial charge in [0.1, 0.15) is 5.82 Å². The van der Waals surface area contributed by atoms with E-state index in [-0.39, 0.29) is 24.2 Å². The summed E-state index contributed by atoms with van der Waals surface area (Å²) in [5.41, 5.74) is 2.12. The molecule has 1 amide bonds. The molecule has 0 aromatic heterocycles. The lowest BCUT2D eigenvalue weighted by atomic mass is 9.96. The number of rotatable bonds is 2. The highest BCUT2D eigenvalue weighted by Gasteiger charge is 2.29. The Morgan fingerprint density at radius 2 is 2.05 bits per heavy atom. The van der Waals surface area contributed by atoms with E-state index in [2.05, 4.69) is 5.32 Å². The number of hydrogen-bond acceptors (Lipinski definition) is 2. The molecule has 108 valence electrons. The second-order valence-electron chi connectivity index (χ2n) is 5.04. The van der Waals surface area contributed by atoms with Gasteiger partial charge in [0.15, 0.2) is 0 Å². The van der Waals surface area contributed by atoms with Crippen molar-refractivity contribution in [2.75, 3.05) is 17.3 Å². The van der Waals surface area contributed by atoms with Gasteiger partial charge in [-0.15, -0.1) is 0 Å². The van der Waals surface area contributed by atoms with Crippen LogP contribution in [0, 0.1) is 5.82 Å². The molecule has 0 aliphatic carbocycles. The maximum Gasteiger partial charge on any atom is 0.229 e. The molecule has 0 bridgehead atoms. The quantitative estimate of drug-likeness (QED) is 0.909. The summed E-state index contributed by atoms with van der Waals surface area (Å²) >= 11 is 5.90. The van der Waals surface area contributed by atoms with E-state index in [1.807, 2.05) is 24.3 Å². The molecule has 0 radical (unpaired) electrons. The van der Waals surface area contributed by atoms with Gasteiger partial charge in [0, 0.05) is 17.8 Å². The van der Waals surface area contributed by atoms with Crippen molar-refractivity contribution >= 4 is 28.9 Å². The van der Waals surface area contributed by atoms with Crippen LogP contribution in [0.2, 0.25) is 5.02 Å². The number of para-hydroxylation sites is 1. The lowest BCUT2D eigenvalue weighted by Gasteiger charge is -2.32. The summed E-state index contributed by atoms with van der Waals surface area (Å²) in [7, 11) is 1.75. The molecule has 0 fully saturated rings. The van der Waals surface area contributed by atoms with Crippen LogP contribution in [0.1, 0.15) is 18.0 Å². The highest BCUT2D eigenvalue weighted by Crippen LogP contribution is 2.36. The number of amides is 1. The van der Waals surface area contributed by atoms with Crippen LogP contribution in [0.15, 0.2) is 42.5 Å². The zero-order valence-corrected chi connectivity index (χ0v) is 12.2. The molecule has 0 spiro atoms. The number of halogens is 2. The summed E-state index contributed by atoms with van der Waals surface area (Å²) in [4.78, 5) is 13.7. The molecule has 1 atom stereocenters. The number of anilines is 2. The third-order valence-electron chi connectivity index (χ3n) is 3.68. The lowest BCUT2D eigenvalue weighted by Crippen LogP contribution is -2.35. The number of benzene rings is 2. The predicted octanol–water partition coefficient (Wildman–Crippen LogP) is 4.00. The molecule has 1 heterocycles. The maximum atomic E-state index is 13.9.